The van der Waals surface area contributed by atoms with Crippen molar-refractivity contribution in [2.75, 3.05) is 0 Å². The second kappa shape index (κ2) is 6.89. The highest BCUT2D eigenvalue weighted by Crippen LogP contribution is 2.29. The average molecular weight is 350 g/mol. The van der Waals surface area contributed by atoms with Crippen LogP contribution in [0.1, 0.15) is 37.5 Å². The molecule has 2 aromatic carbocycles. The van der Waals surface area contributed by atoms with E-state index in [1.54, 1.807) is 0 Å². The summed E-state index contributed by atoms with van der Waals surface area (Å²) in [6.45, 7) is 8.58. The molecule has 0 unspecified atom stereocenters. The lowest BCUT2D eigenvalue weighted by Gasteiger charge is -2.18. The molecule has 1 heterocycles. The highest BCUT2D eigenvalue weighted by Gasteiger charge is 2.24. The Labute approximate surface area is 153 Å². The van der Waals surface area contributed by atoms with E-state index in [1.165, 1.54) is 17.3 Å². The molecule has 3 nitrogen and oxygen atoms in total. The van der Waals surface area contributed by atoms with Crippen LogP contribution in [0.5, 0.6) is 0 Å². The van der Waals surface area contributed by atoms with Gasteiger partial charge in [0.25, 0.3) is 5.91 Å². The largest absolute Gasteiger partial charge is 0.300 e. The molecule has 0 aliphatic carbocycles. The van der Waals surface area contributed by atoms with E-state index >= 15 is 0 Å². The minimum Gasteiger partial charge on any atom is -0.300 e. The van der Waals surface area contributed by atoms with Gasteiger partial charge < -0.3 is 5.32 Å². The number of hydrogen-bond acceptors (Lipinski definition) is 3. The van der Waals surface area contributed by atoms with Crippen molar-refractivity contribution < 1.29 is 4.79 Å². The summed E-state index contributed by atoms with van der Waals surface area (Å²) in [5, 5.41) is 3.46. The maximum atomic E-state index is 12.2. The van der Waals surface area contributed by atoms with Crippen molar-refractivity contribution in [3.05, 3.63) is 70.1 Å². The number of nitrogens with one attached hydrogen (secondary N) is 1. The van der Waals surface area contributed by atoms with Gasteiger partial charge >= 0.3 is 0 Å². The van der Waals surface area contributed by atoms with Crippen LogP contribution in [0.15, 0.2) is 58.4 Å². The molecule has 3 rings (SSSR count). The minimum absolute atomic E-state index is 0.0998. The zero-order valence-corrected chi connectivity index (χ0v) is 15.8. The first-order valence-corrected chi connectivity index (χ1v) is 9.10. The summed E-state index contributed by atoms with van der Waals surface area (Å²) < 4.78 is 0. The topological polar surface area (TPSA) is 41.5 Å². The number of carbonyl (C=O) groups is 1. The first-order chi connectivity index (χ1) is 11.8. The number of thioether (sulfide) groups is 1. The molecule has 128 valence electrons. The first-order valence-electron chi connectivity index (χ1n) is 8.29. The van der Waals surface area contributed by atoms with Crippen molar-refractivity contribution in [2.45, 2.75) is 33.1 Å². The Morgan fingerprint density at radius 3 is 2.36 bits per heavy atom. The summed E-state index contributed by atoms with van der Waals surface area (Å²) in [5.41, 5.74) is 4.38. The lowest BCUT2D eigenvalue weighted by molar-refractivity contribution is -0.115. The van der Waals surface area contributed by atoms with E-state index in [-0.39, 0.29) is 11.3 Å². The van der Waals surface area contributed by atoms with Gasteiger partial charge in [-0.1, -0.05) is 63.2 Å². The van der Waals surface area contributed by atoms with E-state index in [0.717, 1.165) is 16.8 Å². The van der Waals surface area contributed by atoms with E-state index in [2.05, 4.69) is 55.3 Å². The smallest absolute Gasteiger partial charge is 0.264 e. The van der Waals surface area contributed by atoms with E-state index in [0.29, 0.717) is 10.1 Å². The summed E-state index contributed by atoms with van der Waals surface area (Å²) in [5.74, 6) is -0.0998. The van der Waals surface area contributed by atoms with Crippen molar-refractivity contribution in [1.29, 1.82) is 0 Å². The lowest BCUT2D eigenvalue weighted by Crippen LogP contribution is -2.19. The third-order valence-corrected chi connectivity index (χ3v) is 4.97. The fraction of sp³-hybridized carbons (Fsp3) is 0.238. The van der Waals surface area contributed by atoms with Crippen LogP contribution in [0.4, 0.5) is 5.69 Å². The normalized spacial score (nSPS) is 18.0. The zero-order valence-electron chi connectivity index (χ0n) is 15.0. The molecule has 0 atom stereocenters. The highest BCUT2D eigenvalue weighted by atomic mass is 32.2. The minimum atomic E-state index is -0.0998. The fourth-order valence-corrected chi connectivity index (χ4v) is 3.34. The first kappa shape index (κ1) is 17.5. The monoisotopic (exact) mass is 350 g/mol. The summed E-state index contributed by atoms with van der Waals surface area (Å²) in [6, 6.07) is 16.2. The number of para-hydroxylation sites is 1. The number of aliphatic imine (C=N–C) groups is 1. The molecule has 1 N–H and O–H groups in total. The summed E-state index contributed by atoms with van der Waals surface area (Å²) in [6.07, 6.45) is 1.91. The number of carbonyl (C=O) groups excluding carboxylic acids is 1. The van der Waals surface area contributed by atoms with Crippen LogP contribution in [-0.4, -0.2) is 11.1 Å². The van der Waals surface area contributed by atoms with Crippen LogP contribution in [0.2, 0.25) is 0 Å². The number of rotatable bonds is 2. The number of benzene rings is 2. The van der Waals surface area contributed by atoms with Crippen LogP contribution >= 0.6 is 11.8 Å². The van der Waals surface area contributed by atoms with Gasteiger partial charge in [0.05, 0.1) is 10.6 Å². The van der Waals surface area contributed by atoms with Crippen molar-refractivity contribution in [1.82, 2.24) is 5.32 Å². The molecule has 2 aromatic rings. The molecule has 1 saturated heterocycles. The molecule has 0 aromatic heterocycles. The molecular formula is C21H22N2OS. The van der Waals surface area contributed by atoms with Crippen LogP contribution < -0.4 is 5.32 Å². The van der Waals surface area contributed by atoms with E-state index in [9.17, 15) is 4.79 Å². The van der Waals surface area contributed by atoms with Crippen LogP contribution in [-0.2, 0) is 10.2 Å². The fourth-order valence-electron chi connectivity index (χ4n) is 2.51. The van der Waals surface area contributed by atoms with Gasteiger partial charge in [0.2, 0.25) is 0 Å². The van der Waals surface area contributed by atoms with Gasteiger partial charge in [-0.05, 0) is 52.9 Å². The molecule has 1 fully saturated rings. The van der Waals surface area contributed by atoms with Crippen molar-refractivity contribution >= 4 is 34.6 Å². The number of amides is 1. The van der Waals surface area contributed by atoms with Gasteiger partial charge in [0.15, 0.2) is 5.17 Å². The molecule has 1 amide bonds. The van der Waals surface area contributed by atoms with Crippen LogP contribution in [0, 0.1) is 6.92 Å². The molecule has 0 spiro atoms. The Morgan fingerprint density at radius 1 is 1.04 bits per heavy atom. The molecule has 1 aliphatic heterocycles. The summed E-state index contributed by atoms with van der Waals surface area (Å²) in [7, 11) is 0. The van der Waals surface area contributed by atoms with Gasteiger partial charge in [-0.3, -0.25) is 4.79 Å². The standard InChI is InChI=1S/C21H22N2OS/c1-14-7-5-6-8-17(14)22-20-23-19(24)18(25-20)13-15-9-11-16(12-10-15)21(2,3)4/h5-13H,1-4H3,(H,22,23,24). The third-order valence-electron chi connectivity index (χ3n) is 4.06. The Bertz CT molecular complexity index is 858. The van der Waals surface area contributed by atoms with Crippen LogP contribution in [0.3, 0.4) is 0 Å². The lowest BCUT2D eigenvalue weighted by atomic mass is 9.87. The van der Waals surface area contributed by atoms with E-state index < -0.39 is 0 Å². The van der Waals surface area contributed by atoms with E-state index in [1.807, 2.05) is 37.3 Å². The second-order valence-corrected chi connectivity index (χ2v) is 8.17. The average Bonchev–Trinajstić information content (AvgIpc) is 2.89. The van der Waals surface area contributed by atoms with Crippen molar-refractivity contribution in [2.24, 2.45) is 4.99 Å². The Kier molecular flexibility index (Phi) is 4.82. The zero-order chi connectivity index (χ0) is 18.0. The van der Waals surface area contributed by atoms with Crippen LogP contribution in [0.25, 0.3) is 6.08 Å². The summed E-state index contributed by atoms with van der Waals surface area (Å²) >= 11 is 1.38. The maximum absolute atomic E-state index is 12.2. The van der Waals surface area contributed by atoms with Crippen molar-refractivity contribution in [3.8, 4) is 0 Å². The quantitative estimate of drug-likeness (QED) is 0.758. The Hall–Kier alpha value is -2.33. The predicted octanol–water partition coefficient (Wildman–Crippen LogP) is 5.18. The van der Waals surface area contributed by atoms with Gasteiger partial charge in [-0.15, -0.1) is 0 Å². The van der Waals surface area contributed by atoms with Crippen molar-refractivity contribution in [3.63, 3.8) is 0 Å². The molecule has 4 heteroatoms. The Balaban J connectivity index is 1.81. The third kappa shape index (κ3) is 4.20. The van der Waals surface area contributed by atoms with Gasteiger partial charge in [0.1, 0.15) is 0 Å². The van der Waals surface area contributed by atoms with Gasteiger partial charge in [-0.25, -0.2) is 4.99 Å². The molecular weight excluding hydrogens is 328 g/mol. The number of amidine groups is 1. The number of hydrogen-bond donors (Lipinski definition) is 1. The SMILES string of the molecule is Cc1ccccc1N=C1NC(=O)C(=Cc2ccc(C(C)(C)C)cc2)S1. The number of nitrogens with zero attached hydrogens (tertiary/aromatic N) is 1. The molecule has 0 radical (unpaired) electrons. The Morgan fingerprint density at radius 2 is 1.72 bits per heavy atom. The van der Waals surface area contributed by atoms with Gasteiger partial charge in [0, 0.05) is 0 Å². The highest BCUT2D eigenvalue weighted by molar-refractivity contribution is 8.18. The molecule has 0 bridgehead atoms. The molecule has 0 saturated carbocycles. The number of aryl methyl sites for hydroxylation is 1. The van der Waals surface area contributed by atoms with E-state index in [4.69, 9.17) is 0 Å². The molecule has 25 heavy (non-hydrogen) atoms. The second-order valence-electron chi connectivity index (χ2n) is 7.14. The summed E-state index contributed by atoms with van der Waals surface area (Å²) in [4.78, 5) is 17.4. The predicted molar refractivity (Wildman–Crippen MR) is 107 cm³/mol. The molecule has 1 aliphatic rings. The maximum Gasteiger partial charge on any atom is 0.264 e. The van der Waals surface area contributed by atoms with Gasteiger partial charge in [-0.2, -0.15) is 0 Å².